The lowest BCUT2D eigenvalue weighted by Gasteiger charge is -2.33. The first-order valence-electron chi connectivity index (χ1n) is 13.3. The minimum absolute atomic E-state index is 0.0843. The Morgan fingerprint density at radius 1 is 1.25 bits per heavy atom. The first-order valence-corrected chi connectivity index (χ1v) is 13.3. The Kier molecular flexibility index (Phi) is 13.6. The van der Waals surface area contributed by atoms with Gasteiger partial charge in [-0.05, 0) is 13.3 Å². The number of amides is 1. The lowest BCUT2D eigenvalue weighted by atomic mass is 10.0. The van der Waals surface area contributed by atoms with Crippen molar-refractivity contribution in [2.75, 3.05) is 33.7 Å². The van der Waals surface area contributed by atoms with E-state index in [0.717, 1.165) is 12.8 Å². The van der Waals surface area contributed by atoms with Crippen molar-refractivity contribution in [3.8, 4) is 11.5 Å². The van der Waals surface area contributed by atoms with Crippen LogP contribution in [0.3, 0.4) is 0 Å². The van der Waals surface area contributed by atoms with Gasteiger partial charge in [-0.25, -0.2) is 9.78 Å². The molecule has 0 unspecified atom stereocenters. The van der Waals surface area contributed by atoms with Gasteiger partial charge in [0.25, 0.3) is 5.91 Å². The number of unbranched alkanes of at least 4 members (excludes halogenated alkanes) is 1. The van der Waals surface area contributed by atoms with Gasteiger partial charge in [-0.15, -0.1) is 0 Å². The minimum Gasteiger partial charge on any atom is -0.493 e. The number of ether oxygens (including phenoxy) is 7. The van der Waals surface area contributed by atoms with Crippen molar-refractivity contribution in [2.45, 2.75) is 78.2 Å². The molecule has 2 rings (SSSR count). The quantitative estimate of drug-likeness (QED) is 0.170. The second-order valence-corrected chi connectivity index (χ2v) is 9.44. The maximum absolute atomic E-state index is 13.2. The normalized spacial score (nSPS) is 21.6. The van der Waals surface area contributed by atoms with E-state index in [1.165, 1.54) is 26.3 Å². The zero-order chi connectivity index (χ0) is 29.7. The van der Waals surface area contributed by atoms with Gasteiger partial charge >= 0.3 is 17.9 Å². The molecular weight excluding hydrogens is 528 g/mol. The van der Waals surface area contributed by atoms with Gasteiger partial charge in [-0.2, -0.15) is 0 Å². The Morgan fingerprint density at radius 3 is 2.65 bits per heavy atom. The van der Waals surface area contributed by atoms with Crippen LogP contribution in [0.2, 0.25) is 0 Å². The number of hydrogen-bond acceptors (Lipinski definition) is 12. The maximum Gasteiger partial charge on any atom is 0.331 e. The largest absolute Gasteiger partial charge is 0.493 e. The smallest absolute Gasteiger partial charge is 0.331 e. The number of rotatable bonds is 12. The number of hydrogen-bond donors (Lipinski definition) is 1. The predicted octanol–water partition coefficient (Wildman–Crippen LogP) is 2.19. The van der Waals surface area contributed by atoms with E-state index in [4.69, 9.17) is 33.2 Å². The average Bonchev–Trinajstić information content (AvgIpc) is 2.91. The fraction of sp³-hybridized carbons (Fsp3) is 0.667. The number of esters is 3. The Hall–Kier alpha value is -3.45. The molecule has 1 amide bonds. The molecular formula is C27H40N2O11. The SMILES string of the molecule is CCCCO[C@H]1CCOC[C@H](NC(=O)c2nccc(OC)c2OCOC(C)=O)C(=O)O[C@@H](C)[C@@H]1OC(=O)C(C)C. The van der Waals surface area contributed by atoms with Crippen LogP contribution in [0.4, 0.5) is 0 Å². The van der Waals surface area contributed by atoms with Crippen molar-refractivity contribution >= 4 is 23.8 Å². The number of methoxy groups -OCH3 is 1. The van der Waals surface area contributed by atoms with Crippen LogP contribution in [0.15, 0.2) is 12.3 Å². The molecule has 0 spiro atoms. The summed E-state index contributed by atoms with van der Waals surface area (Å²) in [5.41, 5.74) is -0.211. The van der Waals surface area contributed by atoms with E-state index >= 15 is 0 Å². The molecule has 0 saturated carbocycles. The summed E-state index contributed by atoms with van der Waals surface area (Å²) in [6.45, 7) is 8.21. The number of pyridine rings is 1. The molecule has 1 aromatic heterocycles. The first kappa shape index (κ1) is 32.8. The van der Waals surface area contributed by atoms with Crippen LogP contribution in [0.5, 0.6) is 11.5 Å². The molecule has 1 N–H and O–H groups in total. The molecule has 1 fully saturated rings. The fourth-order valence-corrected chi connectivity index (χ4v) is 3.66. The van der Waals surface area contributed by atoms with E-state index in [9.17, 15) is 19.2 Å². The van der Waals surface area contributed by atoms with Crippen LogP contribution in [0.1, 0.15) is 64.4 Å². The Balaban J connectivity index is 2.23. The molecule has 40 heavy (non-hydrogen) atoms. The molecule has 0 radical (unpaired) electrons. The Bertz CT molecular complexity index is 1000. The number of carbonyl (C=O) groups excluding carboxylic acids is 4. The van der Waals surface area contributed by atoms with Gasteiger partial charge in [-0.1, -0.05) is 27.2 Å². The summed E-state index contributed by atoms with van der Waals surface area (Å²) in [4.78, 5) is 54.0. The molecule has 1 saturated heterocycles. The van der Waals surface area contributed by atoms with Gasteiger partial charge in [0.2, 0.25) is 6.79 Å². The van der Waals surface area contributed by atoms with Crippen LogP contribution < -0.4 is 14.8 Å². The molecule has 1 aromatic rings. The topological polar surface area (TPSA) is 158 Å². The molecule has 224 valence electrons. The third kappa shape index (κ3) is 9.94. The number of nitrogens with zero attached hydrogens (tertiary/aromatic N) is 1. The van der Waals surface area contributed by atoms with Crippen molar-refractivity contribution in [3.05, 3.63) is 18.0 Å². The fourth-order valence-electron chi connectivity index (χ4n) is 3.66. The van der Waals surface area contributed by atoms with Gasteiger partial charge < -0.3 is 38.5 Å². The maximum atomic E-state index is 13.2. The van der Waals surface area contributed by atoms with E-state index < -0.39 is 60.9 Å². The highest BCUT2D eigenvalue weighted by molar-refractivity contribution is 5.98. The van der Waals surface area contributed by atoms with Crippen LogP contribution in [-0.2, 0) is 38.1 Å². The van der Waals surface area contributed by atoms with Crippen LogP contribution in [0.25, 0.3) is 0 Å². The summed E-state index contributed by atoms with van der Waals surface area (Å²) in [6.07, 6.45) is 1.12. The van der Waals surface area contributed by atoms with Crippen LogP contribution >= 0.6 is 0 Å². The van der Waals surface area contributed by atoms with Crippen LogP contribution in [-0.4, -0.2) is 86.9 Å². The van der Waals surface area contributed by atoms with Crippen molar-refractivity contribution in [1.82, 2.24) is 10.3 Å². The second-order valence-electron chi connectivity index (χ2n) is 9.44. The molecule has 13 nitrogen and oxygen atoms in total. The predicted molar refractivity (Wildman–Crippen MR) is 140 cm³/mol. The van der Waals surface area contributed by atoms with Crippen molar-refractivity contribution in [2.24, 2.45) is 5.92 Å². The van der Waals surface area contributed by atoms with Crippen molar-refractivity contribution in [1.29, 1.82) is 0 Å². The second kappa shape index (κ2) is 16.6. The van der Waals surface area contributed by atoms with Crippen molar-refractivity contribution < 1.29 is 52.3 Å². The number of aromatic nitrogens is 1. The third-order valence-electron chi connectivity index (χ3n) is 5.87. The van der Waals surface area contributed by atoms with Gasteiger partial charge in [0, 0.05) is 38.8 Å². The highest BCUT2D eigenvalue weighted by Gasteiger charge is 2.37. The summed E-state index contributed by atoms with van der Waals surface area (Å²) in [5.74, 6) is -2.94. The molecule has 13 heteroatoms. The lowest BCUT2D eigenvalue weighted by molar-refractivity contribution is -0.187. The zero-order valence-electron chi connectivity index (χ0n) is 23.9. The molecule has 0 aromatic carbocycles. The van der Waals surface area contributed by atoms with Crippen molar-refractivity contribution in [3.63, 3.8) is 0 Å². The lowest BCUT2D eigenvalue weighted by Crippen LogP contribution is -2.51. The summed E-state index contributed by atoms with van der Waals surface area (Å²) >= 11 is 0. The molecule has 2 heterocycles. The third-order valence-corrected chi connectivity index (χ3v) is 5.87. The van der Waals surface area contributed by atoms with Gasteiger partial charge in [0.1, 0.15) is 12.2 Å². The number of cyclic esters (lactones) is 1. The molecule has 1 aliphatic rings. The Morgan fingerprint density at radius 2 is 2.00 bits per heavy atom. The zero-order valence-corrected chi connectivity index (χ0v) is 23.9. The van der Waals surface area contributed by atoms with Gasteiger partial charge in [0.15, 0.2) is 29.3 Å². The van der Waals surface area contributed by atoms with E-state index in [0.29, 0.717) is 13.0 Å². The standard InChI is InChI=1S/C27H40N2O11/c1-7-8-12-36-21-10-13-35-14-19(27(33)39-17(4)23(21)40-26(32)16(2)3)29-25(31)22-24(38-15-37-18(5)30)20(34-6)9-11-28-22/h9,11,16-17,19,21,23H,7-8,10,12-15H2,1-6H3,(H,29,31)/t17-,19-,21-,23-/m0/s1. The van der Waals surface area contributed by atoms with E-state index in [2.05, 4.69) is 10.3 Å². The van der Waals surface area contributed by atoms with E-state index in [-0.39, 0.29) is 30.4 Å². The number of nitrogens with one attached hydrogen (secondary N) is 1. The van der Waals surface area contributed by atoms with E-state index in [1.54, 1.807) is 20.8 Å². The highest BCUT2D eigenvalue weighted by Crippen LogP contribution is 2.29. The summed E-state index contributed by atoms with van der Waals surface area (Å²) in [5, 5.41) is 2.56. The van der Waals surface area contributed by atoms with Gasteiger partial charge in [0.05, 0.1) is 19.6 Å². The first-order chi connectivity index (χ1) is 19.1. The molecule has 1 aliphatic heterocycles. The minimum atomic E-state index is -1.22. The molecule has 0 bridgehead atoms. The number of carbonyl (C=O) groups is 4. The summed E-state index contributed by atoms with van der Waals surface area (Å²) < 4.78 is 38.5. The average molecular weight is 569 g/mol. The van der Waals surface area contributed by atoms with E-state index in [1.807, 2.05) is 6.92 Å². The monoisotopic (exact) mass is 568 g/mol. The van der Waals surface area contributed by atoms with Gasteiger partial charge in [-0.3, -0.25) is 14.4 Å². The summed E-state index contributed by atoms with van der Waals surface area (Å²) in [7, 11) is 1.37. The Labute approximate surface area is 234 Å². The van der Waals surface area contributed by atoms with Crippen LogP contribution in [0, 0.1) is 5.92 Å². The summed E-state index contributed by atoms with van der Waals surface area (Å²) in [6, 6.07) is 0.239. The molecule has 4 atom stereocenters. The highest BCUT2D eigenvalue weighted by atomic mass is 16.7. The molecule has 0 aliphatic carbocycles.